The molecule has 0 amide bonds. The lowest BCUT2D eigenvalue weighted by atomic mass is 10.1. The summed E-state index contributed by atoms with van der Waals surface area (Å²) in [7, 11) is 0. The lowest BCUT2D eigenvalue weighted by Gasteiger charge is -2.38. The Morgan fingerprint density at radius 2 is 2.32 bits per heavy atom. The van der Waals surface area contributed by atoms with E-state index in [1.165, 1.54) is 4.88 Å². The normalized spacial score (nSPS) is 22.3. The van der Waals surface area contributed by atoms with Crippen LogP contribution < -0.4 is 5.73 Å². The van der Waals surface area contributed by atoms with Crippen LogP contribution in [0.4, 0.5) is 5.13 Å². The summed E-state index contributed by atoms with van der Waals surface area (Å²) >= 11 is 7.62. The maximum absolute atomic E-state index is 6.07. The van der Waals surface area contributed by atoms with Crippen molar-refractivity contribution in [1.82, 2.24) is 9.88 Å². The molecule has 4 nitrogen and oxygen atoms in total. The predicted octanol–water partition coefficient (Wildman–Crippen LogP) is 3.76. The molecule has 1 aromatic carbocycles. The number of anilines is 1. The molecule has 0 aliphatic carbocycles. The van der Waals surface area contributed by atoms with Crippen LogP contribution in [0.2, 0.25) is 5.02 Å². The van der Waals surface area contributed by atoms with E-state index in [9.17, 15) is 0 Å². The Kier molecular flexibility index (Phi) is 6.06. The molecule has 3 rings (SSSR count). The van der Waals surface area contributed by atoms with Crippen molar-refractivity contribution in [3.05, 3.63) is 45.9 Å². The largest absolute Gasteiger partial charge is 0.375 e. The molecule has 0 radical (unpaired) electrons. The van der Waals surface area contributed by atoms with Gasteiger partial charge in [-0.1, -0.05) is 23.7 Å². The van der Waals surface area contributed by atoms with Gasteiger partial charge in [0.2, 0.25) is 0 Å². The highest BCUT2D eigenvalue weighted by Gasteiger charge is 2.27. The van der Waals surface area contributed by atoms with E-state index in [1.54, 1.807) is 11.3 Å². The second kappa shape index (κ2) is 7.62. The summed E-state index contributed by atoms with van der Waals surface area (Å²) in [6, 6.07) is 8.27. The van der Waals surface area contributed by atoms with Crippen LogP contribution in [0.3, 0.4) is 0 Å². The number of morpholine rings is 1. The van der Waals surface area contributed by atoms with Crippen molar-refractivity contribution in [2.45, 2.75) is 25.6 Å². The summed E-state index contributed by atoms with van der Waals surface area (Å²) in [6.07, 6.45) is 1.92. The molecular weight excluding hydrogens is 341 g/mol. The van der Waals surface area contributed by atoms with E-state index in [2.05, 4.69) is 22.9 Å². The first-order valence-electron chi connectivity index (χ1n) is 6.93. The average Bonchev–Trinajstić information content (AvgIpc) is 2.87. The van der Waals surface area contributed by atoms with Gasteiger partial charge in [-0.05, 0) is 24.6 Å². The van der Waals surface area contributed by atoms with Crippen LogP contribution in [0.15, 0.2) is 30.5 Å². The standard InChI is InChI=1S/C15H18ClN3OS.ClH/c1-10-9-20-14(11-3-2-4-12(16)5-11)8-19(10)7-13-6-18-15(17)21-13;/h2-6,10,14H,7-9H2,1H3,(H2,17,18);1H. The van der Waals surface area contributed by atoms with Crippen LogP contribution in [0.5, 0.6) is 0 Å². The maximum Gasteiger partial charge on any atom is 0.180 e. The van der Waals surface area contributed by atoms with Crippen LogP contribution in [0.25, 0.3) is 0 Å². The van der Waals surface area contributed by atoms with Gasteiger partial charge in [-0.25, -0.2) is 4.98 Å². The minimum Gasteiger partial charge on any atom is -0.375 e. The first kappa shape index (κ1) is 17.5. The van der Waals surface area contributed by atoms with Crippen molar-refractivity contribution < 1.29 is 4.74 Å². The van der Waals surface area contributed by atoms with Gasteiger partial charge in [-0.15, -0.1) is 23.7 Å². The van der Waals surface area contributed by atoms with Crippen molar-refractivity contribution in [3.63, 3.8) is 0 Å². The van der Waals surface area contributed by atoms with Gasteiger partial charge in [0.1, 0.15) is 0 Å². The highest BCUT2D eigenvalue weighted by Crippen LogP contribution is 2.28. The number of aromatic nitrogens is 1. The lowest BCUT2D eigenvalue weighted by Crippen LogP contribution is -2.44. The number of nitrogens with zero attached hydrogens (tertiary/aromatic N) is 2. The maximum atomic E-state index is 6.07. The smallest absolute Gasteiger partial charge is 0.180 e. The van der Waals surface area contributed by atoms with Gasteiger partial charge >= 0.3 is 0 Å². The minimum absolute atomic E-state index is 0. The van der Waals surface area contributed by atoms with Crippen molar-refractivity contribution in [1.29, 1.82) is 0 Å². The number of hydrogen-bond acceptors (Lipinski definition) is 5. The first-order chi connectivity index (χ1) is 10.1. The van der Waals surface area contributed by atoms with E-state index in [-0.39, 0.29) is 18.5 Å². The molecule has 0 saturated carbocycles. The van der Waals surface area contributed by atoms with Crippen LogP contribution in [0, 0.1) is 0 Å². The Bertz CT molecular complexity index is 622. The summed E-state index contributed by atoms with van der Waals surface area (Å²) in [5, 5.41) is 1.37. The number of thiazole rings is 1. The molecule has 2 N–H and O–H groups in total. The highest BCUT2D eigenvalue weighted by molar-refractivity contribution is 7.15. The van der Waals surface area contributed by atoms with E-state index in [4.69, 9.17) is 22.1 Å². The van der Waals surface area contributed by atoms with Crippen molar-refractivity contribution in [3.8, 4) is 0 Å². The van der Waals surface area contributed by atoms with Gasteiger partial charge in [0.05, 0.1) is 12.7 Å². The summed E-state index contributed by atoms with van der Waals surface area (Å²) in [6.45, 7) is 4.60. The van der Waals surface area contributed by atoms with Crippen LogP contribution in [0.1, 0.15) is 23.5 Å². The van der Waals surface area contributed by atoms with Gasteiger partial charge in [0.25, 0.3) is 0 Å². The van der Waals surface area contributed by atoms with Crippen LogP contribution in [-0.2, 0) is 11.3 Å². The Morgan fingerprint density at radius 1 is 1.50 bits per heavy atom. The van der Waals surface area contributed by atoms with E-state index < -0.39 is 0 Å². The van der Waals surface area contributed by atoms with Gasteiger partial charge in [-0.3, -0.25) is 4.90 Å². The fourth-order valence-electron chi connectivity index (χ4n) is 2.53. The molecule has 2 heterocycles. The van der Waals surface area contributed by atoms with Gasteiger partial charge in [-0.2, -0.15) is 0 Å². The third kappa shape index (κ3) is 4.12. The SMILES string of the molecule is CC1COC(c2cccc(Cl)c2)CN1Cc1cnc(N)s1.Cl. The summed E-state index contributed by atoms with van der Waals surface area (Å²) in [5.74, 6) is 0. The number of ether oxygens (including phenoxy) is 1. The molecule has 1 aliphatic rings. The Hall–Kier alpha value is -0.850. The molecule has 2 atom stereocenters. The molecule has 2 aromatic rings. The van der Waals surface area contributed by atoms with Gasteiger partial charge < -0.3 is 10.5 Å². The average molecular weight is 360 g/mol. The summed E-state index contributed by atoms with van der Waals surface area (Å²) in [4.78, 5) is 7.71. The fourth-order valence-corrected chi connectivity index (χ4v) is 3.44. The number of benzene rings is 1. The minimum atomic E-state index is 0. The lowest BCUT2D eigenvalue weighted by molar-refractivity contribution is -0.0629. The highest BCUT2D eigenvalue weighted by atomic mass is 35.5. The second-order valence-corrected chi connectivity index (χ2v) is 6.90. The Morgan fingerprint density at radius 3 is 3.00 bits per heavy atom. The fraction of sp³-hybridized carbons (Fsp3) is 0.400. The van der Waals surface area contributed by atoms with Gasteiger partial charge in [0.15, 0.2) is 5.13 Å². The van der Waals surface area contributed by atoms with Crippen molar-refractivity contribution in [2.24, 2.45) is 0 Å². The molecule has 1 aromatic heterocycles. The molecule has 0 bridgehead atoms. The predicted molar refractivity (Wildman–Crippen MR) is 93.8 cm³/mol. The first-order valence-corrected chi connectivity index (χ1v) is 8.12. The molecule has 1 saturated heterocycles. The molecule has 120 valence electrons. The van der Waals surface area contributed by atoms with Gasteiger partial charge in [0, 0.05) is 35.2 Å². The molecular formula is C15H19Cl2N3OS. The van der Waals surface area contributed by atoms with E-state index in [1.807, 2.05) is 24.4 Å². The Labute approximate surface area is 145 Å². The quantitative estimate of drug-likeness (QED) is 0.906. The third-order valence-corrected chi connectivity index (χ3v) is 4.76. The van der Waals surface area contributed by atoms with E-state index in [0.717, 1.165) is 23.7 Å². The zero-order chi connectivity index (χ0) is 14.8. The monoisotopic (exact) mass is 359 g/mol. The molecule has 7 heteroatoms. The third-order valence-electron chi connectivity index (χ3n) is 3.71. The van der Waals surface area contributed by atoms with E-state index in [0.29, 0.717) is 17.8 Å². The number of rotatable bonds is 3. The van der Waals surface area contributed by atoms with E-state index >= 15 is 0 Å². The van der Waals surface area contributed by atoms with Crippen molar-refractivity contribution >= 4 is 40.5 Å². The zero-order valence-corrected chi connectivity index (χ0v) is 14.6. The zero-order valence-electron chi connectivity index (χ0n) is 12.2. The topological polar surface area (TPSA) is 51.4 Å². The second-order valence-electron chi connectivity index (χ2n) is 5.32. The van der Waals surface area contributed by atoms with Crippen molar-refractivity contribution in [2.75, 3.05) is 18.9 Å². The molecule has 0 spiro atoms. The molecule has 1 fully saturated rings. The van der Waals surface area contributed by atoms with Crippen LogP contribution in [-0.4, -0.2) is 29.1 Å². The molecule has 2 unspecified atom stereocenters. The van der Waals surface area contributed by atoms with Crippen LogP contribution >= 0.6 is 35.3 Å². The molecule has 22 heavy (non-hydrogen) atoms. The summed E-state index contributed by atoms with van der Waals surface area (Å²) in [5.41, 5.74) is 6.83. The summed E-state index contributed by atoms with van der Waals surface area (Å²) < 4.78 is 5.97. The number of nitrogen functional groups attached to an aromatic ring is 1. The number of halogens is 2. The number of nitrogens with two attached hydrogens (primary N) is 1. The number of hydrogen-bond donors (Lipinski definition) is 1. The molecule has 1 aliphatic heterocycles. The Balaban J connectivity index is 0.00000176.